The number of rotatable bonds is 3. The molecule has 0 bridgehead atoms. The van der Waals surface area contributed by atoms with Gasteiger partial charge >= 0.3 is 11.9 Å². The first kappa shape index (κ1) is 15.3. The summed E-state index contributed by atoms with van der Waals surface area (Å²) in [6, 6.07) is 2.57. The Bertz CT molecular complexity index is 529. The van der Waals surface area contributed by atoms with Crippen LogP contribution in [-0.4, -0.2) is 29.2 Å². The second-order valence-electron chi connectivity index (χ2n) is 4.74. The third-order valence-electron chi connectivity index (χ3n) is 3.46. The first-order valence-electron chi connectivity index (χ1n) is 6.26. The highest BCUT2D eigenvalue weighted by atomic mass is 19.4. The molecule has 2 rings (SSSR count). The number of anilines is 2. The highest BCUT2D eigenvalue weighted by molar-refractivity contribution is 5.61. The number of alkyl halides is 3. The zero-order chi connectivity index (χ0) is 15.6. The van der Waals surface area contributed by atoms with E-state index < -0.39 is 17.0 Å². The molecule has 1 aromatic rings. The van der Waals surface area contributed by atoms with Gasteiger partial charge in [-0.25, -0.2) is 10.8 Å². The SMILES string of the molecule is NNc1ccc([N+](=O)[O-])c(N2CCC(C(F)(F)F)CC2)n1. The quantitative estimate of drug-likeness (QED) is 0.504. The first-order valence-corrected chi connectivity index (χ1v) is 6.26. The van der Waals surface area contributed by atoms with E-state index >= 15 is 0 Å². The molecule has 0 atom stereocenters. The van der Waals surface area contributed by atoms with Crippen molar-refractivity contribution in [2.45, 2.75) is 19.0 Å². The second kappa shape index (κ2) is 5.72. The number of hydrogen-bond donors (Lipinski definition) is 2. The summed E-state index contributed by atoms with van der Waals surface area (Å²) in [5, 5.41) is 11.0. The van der Waals surface area contributed by atoms with E-state index in [4.69, 9.17) is 5.84 Å². The Morgan fingerprint density at radius 3 is 2.48 bits per heavy atom. The molecule has 0 spiro atoms. The highest BCUT2D eigenvalue weighted by Gasteiger charge is 2.41. The Morgan fingerprint density at radius 1 is 1.38 bits per heavy atom. The van der Waals surface area contributed by atoms with E-state index in [2.05, 4.69) is 10.4 Å². The van der Waals surface area contributed by atoms with E-state index in [9.17, 15) is 23.3 Å². The molecule has 116 valence electrons. The number of hydrazine groups is 1. The molecule has 10 heteroatoms. The largest absolute Gasteiger partial charge is 0.391 e. The third kappa shape index (κ3) is 3.32. The summed E-state index contributed by atoms with van der Waals surface area (Å²) < 4.78 is 37.9. The molecule has 1 fully saturated rings. The summed E-state index contributed by atoms with van der Waals surface area (Å²) in [4.78, 5) is 15.9. The van der Waals surface area contributed by atoms with Crippen LogP contribution in [0.25, 0.3) is 0 Å². The van der Waals surface area contributed by atoms with Gasteiger partial charge in [0.2, 0.25) is 5.82 Å². The fourth-order valence-corrected chi connectivity index (χ4v) is 2.32. The first-order chi connectivity index (χ1) is 9.82. The van der Waals surface area contributed by atoms with Gasteiger partial charge in [-0.2, -0.15) is 13.2 Å². The van der Waals surface area contributed by atoms with Crippen LogP contribution in [0.1, 0.15) is 12.8 Å². The van der Waals surface area contributed by atoms with Gasteiger partial charge in [-0.3, -0.25) is 10.1 Å². The van der Waals surface area contributed by atoms with Crippen LogP contribution in [0.2, 0.25) is 0 Å². The Kier molecular flexibility index (Phi) is 4.16. The Hall–Kier alpha value is -2.10. The van der Waals surface area contributed by atoms with Crippen molar-refractivity contribution >= 4 is 17.3 Å². The average molecular weight is 305 g/mol. The van der Waals surface area contributed by atoms with Gasteiger partial charge in [0, 0.05) is 19.2 Å². The number of nitrogens with zero attached hydrogens (tertiary/aromatic N) is 3. The zero-order valence-electron chi connectivity index (χ0n) is 10.9. The molecule has 2 heterocycles. The van der Waals surface area contributed by atoms with E-state index in [1.165, 1.54) is 17.0 Å². The van der Waals surface area contributed by atoms with Gasteiger partial charge in [0.25, 0.3) is 0 Å². The van der Waals surface area contributed by atoms with Crippen LogP contribution in [0.3, 0.4) is 0 Å². The van der Waals surface area contributed by atoms with Gasteiger partial charge in [0.15, 0.2) is 0 Å². The van der Waals surface area contributed by atoms with Gasteiger partial charge in [-0.1, -0.05) is 0 Å². The molecule has 1 aliphatic heterocycles. The maximum Gasteiger partial charge on any atom is 0.391 e. The Balaban J connectivity index is 2.21. The van der Waals surface area contributed by atoms with Crippen LogP contribution < -0.4 is 16.2 Å². The van der Waals surface area contributed by atoms with E-state index in [-0.39, 0.29) is 43.3 Å². The summed E-state index contributed by atoms with van der Waals surface area (Å²) in [6.07, 6.45) is -4.45. The fraction of sp³-hybridized carbons (Fsp3) is 0.545. The summed E-state index contributed by atoms with van der Waals surface area (Å²) in [5.74, 6) is 4.09. The molecule has 0 aliphatic carbocycles. The lowest BCUT2D eigenvalue weighted by Gasteiger charge is -2.33. The second-order valence-corrected chi connectivity index (χ2v) is 4.74. The lowest BCUT2D eigenvalue weighted by Crippen LogP contribution is -2.39. The van der Waals surface area contributed by atoms with Crippen LogP contribution in [0.5, 0.6) is 0 Å². The predicted octanol–water partition coefficient (Wildman–Crippen LogP) is 2.05. The van der Waals surface area contributed by atoms with Gasteiger partial charge in [0.05, 0.1) is 10.8 Å². The Morgan fingerprint density at radius 2 is 2.00 bits per heavy atom. The smallest absolute Gasteiger partial charge is 0.351 e. The van der Waals surface area contributed by atoms with Crippen molar-refractivity contribution in [3.63, 3.8) is 0 Å². The normalized spacial score (nSPS) is 16.9. The lowest BCUT2D eigenvalue weighted by atomic mass is 9.96. The third-order valence-corrected chi connectivity index (χ3v) is 3.46. The molecule has 3 N–H and O–H groups in total. The number of nitrogens with one attached hydrogen (secondary N) is 1. The lowest BCUT2D eigenvalue weighted by molar-refractivity contribution is -0.384. The van der Waals surface area contributed by atoms with Gasteiger partial charge in [0.1, 0.15) is 5.82 Å². The van der Waals surface area contributed by atoms with Crippen LogP contribution in [0, 0.1) is 16.0 Å². The molecule has 1 aromatic heterocycles. The molecule has 0 aromatic carbocycles. The average Bonchev–Trinajstić information content (AvgIpc) is 2.45. The number of hydrogen-bond acceptors (Lipinski definition) is 6. The minimum absolute atomic E-state index is 0.0380. The number of nitrogen functional groups attached to an aromatic ring is 1. The summed E-state index contributed by atoms with van der Waals surface area (Å²) in [6.45, 7) is 0.123. The zero-order valence-corrected chi connectivity index (χ0v) is 10.9. The molecule has 0 amide bonds. The van der Waals surface area contributed by atoms with E-state index in [1.807, 2.05) is 0 Å². The molecular weight excluding hydrogens is 291 g/mol. The standard InChI is InChI=1S/C11H14F3N5O2/c12-11(13,14)7-3-5-18(6-4-7)10-8(19(20)21)1-2-9(16-10)17-15/h1-2,7H,3-6,15H2,(H,16,17). The van der Waals surface area contributed by atoms with E-state index in [0.29, 0.717) is 0 Å². The molecule has 0 unspecified atom stereocenters. The summed E-state index contributed by atoms with van der Waals surface area (Å²) in [5.41, 5.74) is 2.01. The summed E-state index contributed by atoms with van der Waals surface area (Å²) >= 11 is 0. The van der Waals surface area contributed by atoms with E-state index in [1.54, 1.807) is 0 Å². The van der Waals surface area contributed by atoms with Gasteiger partial charge in [-0.05, 0) is 18.9 Å². The highest BCUT2D eigenvalue weighted by Crippen LogP contribution is 2.37. The van der Waals surface area contributed by atoms with Crippen LogP contribution in [-0.2, 0) is 0 Å². The Labute approximate surface area is 118 Å². The number of piperidine rings is 1. The fourth-order valence-electron chi connectivity index (χ4n) is 2.32. The van der Waals surface area contributed by atoms with E-state index in [0.717, 1.165) is 0 Å². The van der Waals surface area contributed by atoms with Crippen molar-refractivity contribution < 1.29 is 18.1 Å². The van der Waals surface area contributed by atoms with Gasteiger partial charge < -0.3 is 10.3 Å². The van der Waals surface area contributed by atoms with Crippen molar-refractivity contribution in [1.29, 1.82) is 0 Å². The van der Waals surface area contributed by atoms with Crippen molar-refractivity contribution in [1.82, 2.24) is 4.98 Å². The summed E-state index contributed by atoms with van der Waals surface area (Å²) in [7, 11) is 0. The number of halogens is 3. The van der Waals surface area contributed by atoms with Crippen molar-refractivity contribution in [3.05, 3.63) is 22.2 Å². The monoisotopic (exact) mass is 305 g/mol. The minimum Gasteiger partial charge on any atom is -0.351 e. The minimum atomic E-state index is -4.23. The van der Waals surface area contributed by atoms with Crippen LogP contribution in [0.4, 0.5) is 30.5 Å². The molecule has 0 radical (unpaired) electrons. The molecule has 21 heavy (non-hydrogen) atoms. The maximum absolute atomic E-state index is 12.6. The maximum atomic E-state index is 12.6. The number of pyridine rings is 1. The number of nitrogens with two attached hydrogens (primary N) is 1. The predicted molar refractivity (Wildman–Crippen MR) is 69.7 cm³/mol. The number of aromatic nitrogens is 1. The topological polar surface area (TPSA) is 97.3 Å². The number of nitro groups is 1. The molecule has 1 aliphatic rings. The van der Waals surface area contributed by atoms with Crippen molar-refractivity contribution in [2.24, 2.45) is 11.8 Å². The van der Waals surface area contributed by atoms with Crippen molar-refractivity contribution in [2.75, 3.05) is 23.4 Å². The molecule has 7 nitrogen and oxygen atoms in total. The molecule has 0 saturated carbocycles. The molecule has 1 saturated heterocycles. The van der Waals surface area contributed by atoms with Crippen LogP contribution >= 0.6 is 0 Å². The van der Waals surface area contributed by atoms with Crippen molar-refractivity contribution in [3.8, 4) is 0 Å². The van der Waals surface area contributed by atoms with Crippen LogP contribution in [0.15, 0.2) is 12.1 Å². The molecular formula is C11H14F3N5O2. The van der Waals surface area contributed by atoms with Gasteiger partial charge in [-0.15, -0.1) is 0 Å².